The molecule has 5 rings (SSSR count). The van der Waals surface area contributed by atoms with E-state index in [9.17, 15) is 4.21 Å². The third-order valence-corrected chi connectivity index (χ3v) is 9.47. The maximum absolute atomic E-state index is 11.7. The number of halogens is 1. The minimum absolute atomic E-state index is 0.352. The van der Waals surface area contributed by atoms with Crippen LogP contribution < -0.4 is 10.5 Å². The van der Waals surface area contributed by atoms with Crippen LogP contribution in [0.25, 0.3) is 0 Å². The summed E-state index contributed by atoms with van der Waals surface area (Å²) in [6, 6.07) is 8.00. The number of pyridine rings is 1. The third kappa shape index (κ3) is 4.55. The van der Waals surface area contributed by atoms with Gasteiger partial charge in [-0.05, 0) is 67.2 Å². The van der Waals surface area contributed by atoms with Gasteiger partial charge in [-0.2, -0.15) is 0 Å². The Morgan fingerprint density at radius 1 is 1.21 bits per heavy atom. The van der Waals surface area contributed by atoms with E-state index in [4.69, 9.17) is 27.5 Å². The van der Waals surface area contributed by atoms with Gasteiger partial charge in [0.15, 0.2) is 0 Å². The number of likely N-dealkylation sites (tertiary alicyclic amines) is 1. The normalized spacial score (nSPS) is 29.7. The molecule has 8 heteroatoms. The second kappa shape index (κ2) is 9.35. The van der Waals surface area contributed by atoms with E-state index in [1.54, 1.807) is 25.4 Å². The van der Waals surface area contributed by atoms with Crippen LogP contribution in [-0.4, -0.2) is 57.6 Å². The fourth-order valence-corrected chi connectivity index (χ4v) is 7.60. The minimum atomic E-state index is -0.603. The van der Waals surface area contributed by atoms with Crippen molar-refractivity contribution < 1.29 is 8.95 Å². The lowest BCUT2D eigenvalue weighted by atomic mass is 9.91. The van der Waals surface area contributed by atoms with E-state index in [0.29, 0.717) is 57.2 Å². The van der Waals surface area contributed by atoms with Crippen LogP contribution in [0.5, 0.6) is 5.88 Å². The molecule has 33 heavy (non-hydrogen) atoms. The lowest BCUT2D eigenvalue weighted by Crippen LogP contribution is -2.39. The van der Waals surface area contributed by atoms with Crippen LogP contribution in [0.4, 0.5) is 5.69 Å². The van der Waals surface area contributed by atoms with Crippen molar-refractivity contribution in [1.29, 1.82) is 5.41 Å². The molecule has 1 saturated carbocycles. The zero-order valence-electron chi connectivity index (χ0n) is 18.9. The van der Waals surface area contributed by atoms with Crippen molar-refractivity contribution in [2.24, 2.45) is 11.8 Å². The number of aromatic nitrogens is 1. The Hall–Kier alpha value is -1.96. The number of nitrogens with one attached hydrogen (secondary N) is 1. The molecule has 3 fully saturated rings. The van der Waals surface area contributed by atoms with E-state index < -0.39 is 10.8 Å². The quantitative estimate of drug-likeness (QED) is 0.490. The molecule has 2 aliphatic heterocycles. The lowest BCUT2D eigenvalue weighted by Gasteiger charge is -2.31. The summed E-state index contributed by atoms with van der Waals surface area (Å²) < 4.78 is 16.9. The Bertz CT molecular complexity index is 1070. The number of hydrogen-bond acceptors (Lipinski definition) is 6. The first kappa shape index (κ1) is 22.8. The summed E-state index contributed by atoms with van der Waals surface area (Å²) in [5.74, 6) is 3.96. The number of nitrogens with zero attached hydrogens (tertiary/aromatic N) is 2. The van der Waals surface area contributed by atoms with Crippen LogP contribution in [0.2, 0.25) is 5.02 Å². The maximum atomic E-state index is 11.7. The summed E-state index contributed by atoms with van der Waals surface area (Å²) in [7, 11) is 0.964. The first-order chi connectivity index (χ1) is 15.9. The van der Waals surface area contributed by atoms with Gasteiger partial charge in [0.25, 0.3) is 0 Å². The van der Waals surface area contributed by atoms with E-state index in [1.807, 2.05) is 12.1 Å². The summed E-state index contributed by atoms with van der Waals surface area (Å²) in [5.41, 5.74) is 9.70. The van der Waals surface area contributed by atoms with Gasteiger partial charge >= 0.3 is 0 Å². The molecule has 0 bridgehead atoms. The highest BCUT2D eigenvalue weighted by Gasteiger charge is 2.43. The van der Waals surface area contributed by atoms with Crippen molar-refractivity contribution in [3.8, 4) is 5.88 Å². The number of nitrogen functional groups attached to an aromatic ring is 1. The molecule has 3 aliphatic rings. The largest absolute Gasteiger partial charge is 0.481 e. The van der Waals surface area contributed by atoms with Gasteiger partial charge in [-0.25, -0.2) is 4.98 Å². The molecule has 1 aromatic heterocycles. The molecular formula is C25H31ClN4O2S. The van der Waals surface area contributed by atoms with Crippen LogP contribution in [0.1, 0.15) is 48.3 Å². The molecule has 2 saturated heterocycles. The minimum Gasteiger partial charge on any atom is -0.481 e. The Kier molecular flexibility index (Phi) is 6.47. The average molecular weight is 487 g/mol. The molecule has 3 atom stereocenters. The van der Waals surface area contributed by atoms with Gasteiger partial charge < -0.3 is 10.5 Å². The van der Waals surface area contributed by atoms with Gasteiger partial charge in [0.05, 0.1) is 12.8 Å². The summed E-state index contributed by atoms with van der Waals surface area (Å²) in [6.45, 7) is 2.29. The van der Waals surface area contributed by atoms with Crippen molar-refractivity contribution in [1.82, 2.24) is 9.88 Å². The summed E-state index contributed by atoms with van der Waals surface area (Å²) >= 11 is 6.68. The van der Waals surface area contributed by atoms with E-state index in [1.165, 1.54) is 0 Å². The fourth-order valence-electron chi connectivity index (χ4n) is 6.00. The standard InChI is InChI=1S/C25H31ClN4O2S/c1-32-24-10-15(2-5-29-24)25(28)21-11-20(22(26)12-23(21)27)16-8-17-13-30(14-18(17)9-16)19-3-6-33(31)7-4-19/h2,5,10-12,16-19,28H,3-4,6-9,13-14,27H2,1H3/t16?,17-,18+,19?,33?. The number of nitrogens with two attached hydrogens (primary N) is 1. The molecule has 1 aliphatic carbocycles. The second-order valence-electron chi connectivity index (χ2n) is 9.64. The molecule has 2 aromatic rings. The molecule has 1 unspecified atom stereocenters. The Morgan fingerprint density at radius 2 is 1.91 bits per heavy atom. The third-order valence-electron chi connectivity index (χ3n) is 7.76. The van der Waals surface area contributed by atoms with Gasteiger partial charge in [-0.1, -0.05) is 11.6 Å². The number of benzene rings is 1. The smallest absolute Gasteiger partial charge is 0.213 e. The monoisotopic (exact) mass is 486 g/mol. The van der Waals surface area contributed by atoms with E-state index in [0.717, 1.165) is 55.8 Å². The molecule has 6 nitrogen and oxygen atoms in total. The second-order valence-corrected chi connectivity index (χ2v) is 11.7. The van der Waals surface area contributed by atoms with Gasteiger partial charge in [-0.15, -0.1) is 0 Å². The zero-order chi connectivity index (χ0) is 23.1. The topological polar surface area (TPSA) is 92.3 Å². The molecule has 3 heterocycles. The van der Waals surface area contributed by atoms with Gasteiger partial charge in [-0.3, -0.25) is 14.5 Å². The number of ether oxygens (including phenoxy) is 1. The van der Waals surface area contributed by atoms with Crippen molar-refractivity contribution in [2.45, 2.75) is 37.6 Å². The number of anilines is 1. The molecule has 0 amide bonds. The molecule has 0 radical (unpaired) electrons. The number of fused-ring (bicyclic) bond motifs is 1. The van der Waals surface area contributed by atoms with Crippen LogP contribution in [0, 0.1) is 17.2 Å². The predicted octanol–water partition coefficient (Wildman–Crippen LogP) is 4.08. The molecule has 1 aromatic carbocycles. The fraction of sp³-hybridized carbons (Fsp3) is 0.520. The molecule has 176 valence electrons. The highest BCUT2D eigenvalue weighted by Crippen LogP contribution is 2.49. The number of rotatable bonds is 5. The summed E-state index contributed by atoms with van der Waals surface area (Å²) in [6.07, 6.45) is 6.04. The average Bonchev–Trinajstić information content (AvgIpc) is 3.39. The van der Waals surface area contributed by atoms with Crippen LogP contribution in [0.3, 0.4) is 0 Å². The molecule has 0 spiro atoms. The lowest BCUT2D eigenvalue weighted by molar-refractivity contribution is 0.210. The SMILES string of the molecule is COc1cc(C(=N)c2cc(C3C[C@@H]4CN(C5CCS(=O)CC5)C[C@@H]4C3)c(Cl)cc2N)ccn1. The van der Waals surface area contributed by atoms with E-state index in [-0.39, 0.29) is 0 Å². The first-order valence-electron chi connectivity index (χ1n) is 11.7. The number of hydrogen-bond donors (Lipinski definition) is 2. The maximum Gasteiger partial charge on any atom is 0.213 e. The van der Waals surface area contributed by atoms with Crippen molar-refractivity contribution in [3.05, 3.63) is 52.2 Å². The summed E-state index contributed by atoms with van der Waals surface area (Å²) in [4.78, 5) is 6.79. The van der Waals surface area contributed by atoms with Crippen LogP contribution in [0.15, 0.2) is 30.5 Å². The zero-order valence-corrected chi connectivity index (χ0v) is 20.5. The van der Waals surface area contributed by atoms with Crippen molar-refractivity contribution in [2.75, 3.05) is 37.4 Å². The van der Waals surface area contributed by atoms with Crippen LogP contribution in [-0.2, 0) is 10.8 Å². The van der Waals surface area contributed by atoms with Gasteiger partial charge in [0.2, 0.25) is 5.88 Å². The Morgan fingerprint density at radius 3 is 2.58 bits per heavy atom. The Labute approximate surface area is 202 Å². The molecular weight excluding hydrogens is 456 g/mol. The first-order valence-corrected chi connectivity index (χ1v) is 13.6. The highest BCUT2D eigenvalue weighted by molar-refractivity contribution is 7.85. The van der Waals surface area contributed by atoms with Gasteiger partial charge in [0.1, 0.15) is 0 Å². The van der Waals surface area contributed by atoms with Crippen molar-refractivity contribution >= 4 is 33.8 Å². The van der Waals surface area contributed by atoms with Crippen LogP contribution >= 0.6 is 11.6 Å². The molecule has 3 N–H and O–H groups in total. The van der Waals surface area contributed by atoms with E-state index in [2.05, 4.69) is 9.88 Å². The number of methoxy groups -OCH3 is 1. The summed E-state index contributed by atoms with van der Waals surface area (Å²) in [5, 5.41) is 9.47. The van der Waals surface area contributed by atoms with Gasteiger partial charge in [0, 0.05) is 75.5 Å². The Balaban J connectivity index is 1.32. The predicted molar refractivity (Wildman–Crippen MR) is 134 cm³/mol. The highest BCUT2D eigenvalue weighted by atomic mass is 35.5. The van der Waals surface area contributed by atoms with E-state index >= 15 is 0 Å². The van der Waals surface area contributed by atoms with Crippen molar-refractivity contribution in [3.63, 3.8) is 0 Å².